The van der Waals surface area contributed by atoms with E-state index < -0.39 is 19.0 Å². The van der Waals surface area contributed by atoms with Crippen molar-refractivity contribution in [1.82, 2.24) is 4.98 Å². The number of hydrogen-bond donors (Lipinski definition) is 1. The van der Waals surface area contributed by atoms with E-state index in [1.165, 1.54) is 6.20 Å². The highest BCUT2D eigenvalue weighted by atomic mass is 35.5. The number of hydrogen-bond acceptors (Lipinski definition) is 3. The van der Waals surface area contributed by atoms with Crippen molar-refractivity contribution >= 4 is 12.4 Å². The number of nitrogens with zero attached hydrogens (tertiary/aromatic N) is 1. The second kappa shape index (κ2) is 6.91. The summed E-state index contributed by atoms with van der Waals surface area (Å²) in [6.45, 7) is 1.93. The molecule has 3 nitrogen and oxygen atoms in total. The Morgan fingerprint density at radius 1 is 1.42 bits per heavy atom. The molecule has 1 atom stereocenters. The molecule has 2 N–H and O–H groups in total. The normalized spacial score (nSPS) is 13.1. The first kappa shape index (κ1) is 17.9. The summed E-state index contributed by atoms with van der Waals surface area (Å²) in [4.78, 5) is 3.90. The van der Waals surface area contributed by atoms with Crippen LogP contribution in [0.1, 0.15) is 24.2 Å². The van der Waals surface area contributed by atoms with Crippen molar-refractivity contribution in [3.05, 3.63) is 23.5 Å². The van der Waals surface area contributed by atoms with E-state index in [9.17, 15) is 17.6 Å². The molecule has 0 bridgehead atoms. The summed E-state index contributed by atoms with van der Waals surface area (Å²) < 4.78 is 53.8. The van der Waals surface area contributed by atoms with Gasteiger partial charge in [0, 0.05) is 6.04 Å². The van der Waals surface area contributed by atoms with E-state index in [1.807, 2.05) is 0 Å². The summed E-state index contributed by atoms with van der Waals surface area (Å²) in [5.41, 5.74) is 6.68. The molecule has 8 heteroatoms. The molecule has 1 unspecified atom stereocenters. The average Bonchev–Trinajstić information content (AvgIpc) is 2.26. The second-order valence-electron chi connectivity index (χ2n) is 4.01. The highest BCUT2D eigenvalue weighted by Gasteiger charge is 2.41. The lowest BCUT2D eigenvalue weighted by molar-refractivity contribution is -0.148. The molecule has 0 saturated heterocycles. The third-order valence-electron chi connectivity index (χ3n) is 2.29. The molecule has 0 aliphatic rings. The highest BCUT2D eigenvalue weighted by Crippen LogP contribution is 2.26. The Morgan fingerprint density at radius 3 is 2.42 bits per heavy atom. The first-order valence-corrected chi connectivity index (χ1v) is 5.25. The van der Waals surface area contributed by atoms with E-state index in [-0.39, 0.29) is 24.2 Å². The summed E-state index contributed by atoms with van der Waals surface area (Å²) >= 11 is 0. The lowest BCUT2D eigenvalue weighted by atomic mass is 10.1. The Kier molecular flexibility index (Phi) is 6.51. The van der Waals surface area contributed by atoms with Gasteiger partial charge in [-0.25, -0.2) is 8.78 Å². The summed E-state index contributed by atoms with van der Waals surface area (Å²) in [6, 6.07) is 1.26. The van der Waals surface area contributed by atoms with Crippen LogP contribution in [0.2, 0.25) is 0 Å². The summed E-state index contributed by atoms with van der Waals surface area (Å²) in [5.74, 6) is -4.13. The van der Waals surface area contributed by atoms with Crippen LogP contribution in [0.5, 0.6) is 5.75 Å². The third-order valence-corrected chi connectivity index (χ3v) is 2.29. The Hall–Kier alpha value is -1.08. The summed E-state index contributed by atoms with van der Waals surface area (Å²) in [5, 5.41) is 0. The van der Waals surface area contributed by atoms with Gasteiger partial charge in [-0.05, 0) is 25.5 Å². The Balaban J connectivity index is 0.00000324. The number of aryl methyl sites for hydroxylation is 1. The van der Waals surface area contributed by atoms with E-state index in [4.69, 9.17) is 5.73 Å². The summed E-state index contributed by atoms with van der Waals surface area (Å²) in [7, 11) is 0. The maximum Gasteiger partial charge on any atom is 0.340 e. The van der Waals surface area contributed by atoms with Crippen molar-refractivity contribution < 1.29 is 22.3 Å². The zero-order valence-corrected chi connectivity index (χ0v) is 11.2. The minimum absolute atomic E-state index is 0. The highest BCUT2D eigenvalue weighted by molar-refractivity contribution is 5.85. The van der Waals surface area contributed by atoms with E-state index in [0.29, 0.717) is 11.3 Å². The predicted molar refractivity (Wildman–Crippen MR) is 65.3 cm³/mol. The lowest BCUT2D eigenvalue weighted by Crippen LogP contribution is -2.33. The Morgan fingerprint density at radius 2 is 2.00 bits per heavy atom. The van der Waals surface area contributed by atoms with Crippen LogP contribution in [-0.2, 0) is 0 Å². The first-order chi connectivity index (χ1) is 8.24. The van der Waals surface area contributed by atoms with E-state index >= 15 is 0 Å². The number of aromatic nitrogens is 1. The average molecular weight is 303 g/mol. The number of ether oxygens (including phenoxy) is 1. The topological polar surface area (TPSA) is 48.1 Å². The molecule has 110 valence electrons. The van der Waals surface area contributed by atoms with Gasteiger partial charge in [-0.2, -0.15) is 8.78 Å². The maximum absolute atomic E-state index is 12.7. The van der Waals surface area contributed by atoms with Gasteiger partial charge in [-0.15, -0.1) is 12.4 Å². The Bertz CT molecular complexity index is 416. The van der Waals surface area contributed by atoms with Crippen molar-refractivity contribution in [3.8, 4) is 5.75 Å². The van der Waals surface area contributed by atoms with Gasteiger partial charge in [0.15, 0.2) is 6.61 Å². The molecular weight excluding hydrogens is 288 g/mol. The molecule has 0 spiro atoms. The van der Waals surface area contributed by atoms with Crippen LogP contribution in [0.4, 0.5) is 17.6 Å². The monoisotopic (exact) mass is 302 g/mol. The van der Waals surface area contributed by atoms with Gasteiger partial charge in [0.25, 0.3) is 0 Å². The number of alkyl halides is 4. The molecule has 1 aromatic rings. The van der Waals surface area contributed by atoms with Crippen LogP contribution in [0.25, 0.3) is 0 Å². The van der Waals surface area contributed by atoms with Gasteiger partial charge in [0.2, 0.25) is 0 Å². The van der Waals surface area contributed by atoms with Gasteiger partial charge in [-0.3, -0.25) is 4.98 Å². The SMILES string of the molecule is Cc1cc(C(C)N)ncc1OCC(F)(F)C(F)F.Cl. The molecule has 0 amide bonds. The molecule has 19 heavy (non-hydrogen) atoms. The second-order valence-corrected chi connectivity index (χ2v) is 4.01. The van der Waals surface area contributed by atoms with Gasteiger partial charge in [0.1, 0.15) is 5.75 Å². The van der Waals surface area contributed by atoms with Crippen molar-refractivity contribution in [2.75, 3.05) is 6.61 Å². The standard InChI is InChI=1S/C11H14F4N2O.ClH/c1-6-3-8(7(2)16)17-4-9(6)18-5-11(14,15)10(12)13;/h3-4,7,10H,5,16H2,1-2H3;1H. The number of nitrogens with two attached hydrogens (primary N) is 1. The zero-order valence-electron chi connectivity index (χ0n) is 10.4. The Labute approximate surface area is 114 Å². The van der Waals surface area contributed by atoms with Gasteiger partial charge in [-0.1, -0.05) is 0 Å². The number of halogens is 5. The molecule has 1 heterocycles. The molecular formula is C11H15ClF4N2O. The summed E-state index contributed by atoms with van der Waals surface area (Å²) in [6.07, 6.45) is -2.55. The number of pyridine rings is 1. The molecule has 0 saturated carbocycles. The van der Waals surface area contributed by atoms with Crippen LogP contribution in [0.3, 0.4) is 0 Å². The van der Waals surface area contributed by atoms with Crippen LogP contribution in [0.15, 0.2) is 12.3 Å². The molecule has 0 aliphatic heterocycles. The van der Waals surface area contributed by atoms with Crippen LogP contribution in [-0.4, -0.2) is 23.9 Å². The van der Waals surface area contributed by atoms with E-state index in [0.717, 1.165) is 0 Å². The number of rotatable bonds is 5. The fourth-order valence-corrected chi connectivity index (χ4v) is 1.20. The zero-order chi connectivity index (χ0) is 13.9. The predicted octanol–water partition coefficient (Wildman–Crippen LogP) is 3.11. The third kappa shape index (κ3) is 4.83. The van der Waals surface area contributed by atoms with Crippen molar-refractivity contribution in [3.63, 3.8) is 0 Å². The fourth-order valence-electron chi connectivity index (χ4n) is 1.20. The van der Waals surface area contributed by atoms with E-state index in [1.54, 1.807) is 19.9 Å². The molecule has 0 fully saturated rings. The quantitative estimate of drug-likeness (QED) is 0.850. The molecule has 1 aromatic heterocycles. The van der Waals surface area contributed by atoms with Crippen molar-refractivity contribution in [1.29, 1.82) is 0 Å². The molecule has 0 aliphatic carbocycles. The smallest absolute Gasteiger partial charge is 0.340 e. The van der Waals surface area contributed by atoms with E-state index in [2.05, 4.69) is 9.72 Å². The van der Waals surface area contributed by atoms with Crippen molar-refractivity contribution in [2.24, 2.45) is 5.73 Å². The first-order valence-electron chi connectivity index (χ1n) is 5.25. The minimum Gasteiger partial charge on any atom is -0.485 e. The van der Waals surface area contributed by atoms with Crippen LogP contribution >= 0.6 is 12.4 Å². The van der Waals surface area contributed by atoms with Gasteiger partial charge >= 0.3 is 12.3 Å². The molecule has 0 aromatic carbocycles. The molecule has 0 radical (unpaired) electrons. The molecule has 1 rings (SSSR count). The van der Waals surface area contributed by atoms with Crippen molar-refractivity contribution in [2.45, 2.75) is 32.2 Å². The maximum atomic E-state index is 12.7. The fraction of sp³-hybridized carbons (Fsp3) is 0.545. The van der Waals surface area contributed by atoms with Crippen LogP contribution in [0, 0.1) is 6.92 Å². The largest absolute Gasteiger partial charge is 0.485 e. The lowest BCUT2D eigenvalue weighted by Gasteiger charge is -2.17. The van der Waals surface area contributed by atoms with Gasteiger partial charge in [0.05, 0.1) is 11.9 Å². The van der Waals surface area contributed by atoms with Crippen LogP contribution < -0.4 is 10.5 Å². The minimum atomic E-state index is -4.17. The van der Waals surface area contributed by atoms with Gasteiger partial charge < -0.3 is 10.5 Å².